The van der Waals surface area contributed by atoms with Gasteiger partial charge in [-0.3, -0.25) is 4.79 Å². The second kappa shape index (κ2) is 7.30. The summed E-state index contributed by atoms with van der Waals surface area (Å²) < 4.78 is 6.86. The molecule has 170 valence electrons. The largest absolute Gasteiger partial charge is 0.414 e. The first kappa shape index (κ1) is 22.8. The van der Waals surface area contributed by atoms with Gasteiger partial charge in [0.2, 0.25) is 0 Å². The number of ketones is 1. The van der Waals surface area contributed by atoms with Crippen molar-refractivity contribution >= 4 is 14.1 Å². The SMILES string of the molecule is CC(C)(C)[Si](C)(C)O[C@H]1CC[C@@]2(C)C(=CC[C@H]3[C@@H]4CC[C@H]([13C]([13CH3])=O)[C@@]4(C)CC[C@@H]32)C1. The van der Waals surface area contributed by atoms with Gasteiger partial charge in [0.05, 0.1) is 0 Å². The quantitative estimate of drug-likeness (QED) is 0.261. The standard InChI is InChI=1S/C27H46O2Si/c1-18(28)22-11-12-23-21-10-9-19-17-20(29-30(7,8)25(2,3)4)13-15-26(19,5)24(21)14-16-27(22,23)6/h9,20-24H,10-17H2,1-8H3/t20-,21-,22+,23-,24-,26-,27+/m0/s1/i1+1,18+1. The van der Waals surface area contributed by atoms with Crippen molar-refractivity contribution in [1.29, 1.82) is 0 Å². The van der Waals surface area contributed by atoms with Gasteiger partial charge in [-0.05, 0) is 105 Å². The molecule has 0 bridgehead atoms. The first-order chi connectivity index (χ1) is 13.8. The molecule has 0 aromatic carbocycles. The molecular formula is C27H46O2Si. The van der Waals surface area contributed by atoms with Crippen molar-refractivity contribution in [3.63, 3.8) is 0 Å². The summed E-state index contributed by atoms with van der Waals surface area (Å²) in [6.07, 6.45) is 13.0. The molecule has 0 aromatic rings. The molecule has 0 aromatic heterocycles. The van der Waals surface area contributed by atoms with Gasteiger partial charge < -0.3 is 4.43 Å². The minimum atomic E-state index is -1.71. The fourth-order valence-corrected chi connectivity index (χ4v) is 9.38. The highest BCUT2D eigenvalue weighted by atomic mass is 28.4. The summed E-state index contributed by atoms with van der Waals surface area (Å²) in [5.74, 6) is 3.12. The van der Waals surface area contributed by atoms with Crippen LogP contribution in [0.1, 0.15) is 92.9 Å². The molecule has 4 rings (SSSR count). The van der Waals surface area contributed by atoms with Crippen LogP contribution in [0.2, 0.25) is 18.1 Å². The van der Waals surface area contributed by atoms with E-state index in [0.717, 1.165) is 30.6 Å². The zero-order chi connectivity index (χ0) is 22.1. The summed E-state index contributed by atoms with van der Waals surface area (Å²) in [6.45, 7) is 18.7. The lowest BCUT2D eigenvalue weighted by Crippen LogP contribution is -2.52. The normalized spacial score (nSPS) is 44.0. The van der Waals surface area contributed by atoms with E-state index in [1.54, 1.807) is 5.57 Å². The van der Waals surface area contributed by atoms with Gasteiger partial charge in [0.15, 0.2) is 8.32 Å². The highest BCUT2D eigenvalue weighted by Crippen LogP contribution is 2.66. The number of hydrogen-bond donors (Lipinski definition) is 0. The van der Waals surface area contributed by atoms with Gasteiger partial charge in [-0.25, -0.2) is 0 Å². The van der Waals surface area contributed by atoms with E-state index in [1.807, 2.05) is 6.92 Å². The smallest absolute Gasteiger partial charge is 0.192 e. The molecule has 4 aliphatic carbocycles. The summed E-state index contributed by atoms with van der Waals surface area (Å²) in [6, 6.07) is 0. The van der Waals surface area contributed by atoms with Crippen LogP contribution in [0.3, 0.4) is 0 Å². The van der Waals surface area contributed by atoms with Crippen molar-refractivity contribution in [2.24, 2.45) is 34.5 Å². The molecule has 0 heterocycles. The van der Waals surface area contributed by atoms with Crippen LogP contribution in [-0.2, 0) is 9.22 Å². The van der Waals surface area contributed by atoms with E-state index in [2.05, 4.69) is 53.8 Å². The Balaban J connectivity index is 1.53. The lowest BCUT2D eigenvalue weighted by Gasteiger charge is -2.58. The third-order valence-electron chi connectivity index (χ3n) is 10.8. The van der Waals surface area contributed by atoms with E-state index < -0.39 is 8.32 Å². The van der Waals surface area contributed by atoms with Crippen LogP contribution in [0.5, 0.6) is 0 Å². The summed E-state index contributed by atoms with van der Waals surface area (Å²) in [5, 5.41) is 0.281. The zero-order valence-corrected chi connectivity index (χ0v) is 21.9. The average Bonchev–Trinajstić information content (AvgIpc) is 2.98. The van der Waals surface area contributed by atoms with Crippen LogP contribution in [0.25, 0.3) is 0 Å². The lowest BCUT2D eigenvalue weighted by molar-refractivity contribution is -0.127. The van der Waals surface area contributed by atoms with E-state index in [1.165, 1.54) is 38.5 Å². The molecule has 0 amide bonds. The number of carbonyl (C=O) groups excluding carboxylic acids is 1. The van der Waals surface area contributed by atoms with E-state index in [-0.39, 0.29) is 10.5 Å². The Labute approximate surface area is 186 Å². The van der Waals surface area contributed by atoms with Crippen LogP contribution in [0, 0.1) is 34.5 Å². The van der Waals surface area contributed by atoms with Crippen molar-refractivity contribution in [2.75, 3.05) is 0 Å². The van der Waals surface area contributed by atoms with Gasteiger partial charge in [-0.2, -0.15) is 0 Å². The number of Topliss-reactive ketones (excluding diaryl/α,β-unsaturated/α-hetero) is 1. The maximum Gasteiger partial charge on any atom is 0.192 e. The second-order valence-corrected chi connectivity index (χ2v) is 18.0. The number of allylic oxidation sites excluding steroid dienone is 1. The Bertz CT molecular complexity index is 732. The fourth-order valence-electron chi connectivity index (χ4n) is 7.99. The van der Waals surface area contributed by atoms with Crippen molar-refractivity contribution in [3.05, 3.63) is 11.6 Å². The summed E-state index contributed by atoms with van der Waals surface area (Å²) in [4.78, 5) is 12.4. The first-order valence-corrected chi connectivity index (χ1v) is 15.6. The molecule has 3 heteroatoms. The molecule has 7 atom stereocenters. The van der Waals surface area contributed by atoms with E-state index in [9.17, 15) is 4.79 Å². The topological polar surface area (TPSA) is 26.3 Å². The Morgan fingerprint density at radius 2 is 1.77 bits per heavy atom. The predicted octanol–water partition coefficient (Wildman–Crippen LogP) is 7.54. The van der Waals surface area contributed by atoms with Crippen LogP contribution >= 0.6 is 0 Å². The van der Waals surface area contributed by atoms with Gasteiger partial charge in [0.25, 0.3) is 0 Å². The Morgan fingerprint density at radius 1 is 1.07 bits per heavy atom. The molecule has 0 unspecified atom stereocenters. The van der Waals surface area contributed by atoms with Crippen molar-refractivity contribution in [1.82, 2.24) is 0 Å². The van der Waals surface area contributed by atoms with Gasteiger partial charge in [0, 0.05) is 12.0 Å². The van der Waals surface area contributed by atoms with Crippen LogP contribution in [-0.4, -0.2) is 20.2 Å². The van der Waals surface area contributed by atoms with E-state index in [0.29, 0.717) is 23.2 Å². The average molecular weight is 433 g/mol. The maximum absolute atomic E-state index is 12.4. The molecule has 0 saturated heterocycles. The monoisotopic (exact) mass is 432 g/mol. The number of hydrogen-bond acceptors (Lipinski definition) is 2. The zero-order valence-electron chi connectivity index (χ0n) is 20.9. The van der Waals surface area contributed by atoms with E-state index in [4.69, 9.17) is 4.43 Å². The summed E-state index contributed by atoms with van der Waals surface area (Å²) in [5.41, 5.74) is 2.34. The molecule has 2 nitrogen and oxygen atoms in total. The van der Waals surface area contributed by atoms with Gasteiger partial charge in [-0.15, -0.1) is 0 Å². The Morgan fingerprint density at radius 3 is 2.40 bits per heavy atom. The minimum absolute atomic E-state index is 0.261. The van der Waals surface area contributed by atoms with Gasteiger partial charge in [-0.1, -0.05) is 46.3 Å². The third-order valence-corrected chi connectivity index (χ3v) is 15.4. The van der Waals surface area contributed by atoms with Gasteiger partial charge >= 0.3 is 0 Å². The lowest BCUT2D eigenvalue weighted by atomic mass is 9.47. The minimum Gasteiger partial charge on any atom is -0.414 e. The third kappa shape index (κ3) is 3.41. The van der Waals surface area contributed by atoms with Crippen molar-refractivity contribution in [3.8, 4) is 0 Å². The van der Waals surface area contributed by atoms with Gasteiger partial charge in [0.1, 0.15) is 5.78 Å². The molecule has 4 aliphatic rings. The Hall–Kier alpha value is -0.413. The highest BCUT2D eigenvalue weighted by molar-refractivity contribution is 6.74. The molecule has 0 radical (unpaired) electrons. The molecule has 3 saturated carbocycles. The Kier molecular flexibility index (Phi) is 5.54. The highest BCUT2D eigenvalue weighted by Gasteiger charge is 2.59. The van der Waals surface area contributed by atoms with Crippen LogP contribution in [0.15, 0.2) is 11.6 Å². The summed E-state index contributed by atoms with van der Waals surface area (Å²) in [7, 11) is -1.71. The molecule has 3 fully saturated rings. The predicted molar refractivity (Wildman–Crippen MR) is 128 cm³/mol. The fraction of sp³-hybridized carbons (Fsp3) is 0.889. The van der Waals surface area contributed by atoms with E-state index >= 15 is 0 Å². The summed E-state index contributed by atoms with van der Waals surface area (Å²) >= 11 is 0. The molecule has 30 heavy (non-hydrogen) atoms. The van der Waals surface area contributed by atoms with Crippen LogP contribution < -0.4 is 0 Å². The maximum atomic E-state index is 12.4. The number of rotatable bonds is 3. The number of fused-ring (bicyclic) bond motifs is 5. The van der Waals surface area contributed by atoms with Crippen molar-refractivity contribution < 1.29 is 9.22 Å². The van der Waals surface area contributed by atoms with Crippen molar-refractivity contribution in [2.45, 2.75) is 117 Å². The molecule has 0 N–H and O–H groups in total. The van der Waals surface area contributed by atoms with Crippen LogP contribution in [0.4, 0.5) is 0 Å². The molecular weight excluding hydrogens is 386 g/mol. The molecule has 0 spiro atoms. The second-order valence-electron chi connectivity index (χ2n) is 13.3. The number of carbonyl (C=O) groups is 1. The molecule has 0 aliphatic heterocycles. The first-order valence-electron chi connectivity index (χ1n) is 12.7.